The van der Waals surface area contributed by atoms with Crippen LogP contribution in [0.2, 0.25) is 5.02 Å². The summed E-state index contributed by atoms with van der Waals surface area (Å²) in [5.74, 6) is 0.497. The van der Waals surface area contributed by atoms with Crippen molar-refractivity contribution in [2.75, 3.05) is 13.1 Å². The molecule has 4 aromatic rings. The Morgan fingerprint density at radius 2 is 1.85 bits per heavy atom. The quantitative estimate of drug-likeness (QED) is 0.216. The fraction of sp³-hybridized carbons (Fsp3) is 0.233. The van der Waals surface area contributed by atoms with Crippen molar-refractivity contribution in [1.82, 2.24) is 9.47 Å². The number of benzene rings is 2. The van der Waals surface area contributed by atoms with Crippen LogP contribution < -0.4 is 14.9 Å². The number of aryl methyl sites for hydroxylation is 1. The number of carbonyl (C=O) groups excluding carboxylic acids is 1. The highest BCUT2D eigenvalue weighted by Crippen LogP contribution is 2.33. The molecule has 0 N–H and O–H groups in total. The monoisotopic (exact) mass is 590 g/mol. The van der Waals surface area contributed by atoms with Gasteiger partial charge in [0.05, 0.1) is 32.3 Å². The van der Waals surface area contributed by atoms with E-state index in [0.29, 0.717) is 55.8 Å². The largest absolute Gasteiger partial charge is 0.456 e. The van der Waals surface area contributed by atoms with E-state index in [1.165, 1.54) is 22.0 Å². The van der Waals surface area contributed by atoms with Crippen LogP contribution in [0.25, 0.3) is 17.4 Å². The summed E-state index contributed by atoms with van der Waals surface area (Å²) >= 11 is 7.34. The van der Waals surface area contributed by atoms with Gasteiger partial charge in [-0.05, 0) is 69.2 Å². The Morgan fingerprint density at radius 3 is 2.51 bits per heavy atom. The van der Waals surface area contributed by atoms with Gasteiger partial charge in [0.1, 0.15) is 11.5 Å². The van der Waals surface area contributed by atoms with Crippen LogP contribution in [-0.2, 0) is 4.79 Å². The number of rotatable bonds is 7. The molecular weight excluding hydrogens is 564 g/mol. The lowest BCUT2D eigenvalue weighted by atomic mass is 9.94. The van der Waals surface area contributed by atoms with Crippen molar-refractivity contribution in [3.8, 4) is 11.3 Å². The van der Waals surface area contributed by atoms with Gasteiger partial charge in [-0.15, -0.1) is 0 Å². The lowest BCUT2D eigenvalue weighted by Gasteiger charge is -2.29. The van der Waals surface area contributed by atoms with Crippen molar-refractivity contribution >= 4 is 40.6 Å². The third-order valence-electron chi connectivity index (χ3n) is 7.00. The van der Waals surface area contributed by atoms with E-state index in [1.807, 2.05) is 26.0 Å². The van der Waals surface area contributed by atoms with Gasteiger partial charge in [-0.25, -0.2) is 4.99 Å². The van der Waals surface area contributed by atoms with Crippen LogP contribution in [0.4, 0.5) is 5.69 Å². The second-order valence-corrected chi connectivity index (χ2v) is 11.0. The van der Waals surface area contributed by atoms with Crippen LogP contribution in [-0.4, -0.2) is 33.4 Å². The molecule has 3 heterocycles. The number of furan rings is 1. The first-order valence-corrected chi connectivity index (χ1v) is 14.2. The van der Waals surface area contributed by atoms with Crippen molar-refractivity contribution in [3.63, 3.8) is 0 Å². The van der Waals surface area contributed by atoms with Gasteiger partial charge >= 0.3 is 0 Å². The molecule has 0 bridgehead atoms. The molecule has 0 aliphatic carbocycles. The van der Waals surface area contributed by atoms with Crippen molar-refractivity contribution in [1.29, 1.82) is 0 Å². The number of nitrogens with zero attached hydrogens (tertiary/aromatic N) is 4. The summed E-state index contributed by atoms with van der Waals surface area (Å²) in [6.07, 6.45) is 1.59. The number of aromatic nitrogens is 1. The molecule has 9 nitrogen and oxygen atoms in total. The van der Waals surface area contributed by atoms with Gasteiger partial charge in [0, 0.05) is 30.3 Å². The molecule has 41 heavy (non-hydrogen) atoms. The minimum atomic E-state index is -0.693. The summed E-state index contributed by atoms with van der Waals surface area (Å²) in [5.41, 5.74) is 2.43. The first-order chi connectivity index (χ1) is 19.6. The molecule has 1 amide bonds. The van der Waals surface area contributed by atoms with E-state index in [9.17, 15) is 19.7 Å². The van der Waals surface area contributed by atoms with Gasteiger partial charge in [-0.2, -0.15) is 0 Å². The first-order valence-electron chi connectivity index (χ1n) is 13.1. The minimum Gasteiger partial charge on any atom is -0.456 e. The van der Waals surface area contributed by atoms with Crippen molar-refractivity contribution in [2.45, 2.75) is 33.7 Å². The predicted octanol–water partition coefficient (Wildman–Crippen LogP) is 5.23. The number of thiazole rings is 1. The fourth-order valence-corrected chi connectivity index (χ4v) is 6.09. The normalized spacial score (nSPS) is 15.0. The number of carbonyl (C=O) groups is 1. The Morgan fingerprint density at radius 1 is 1.15 bits per heavy atom. The summed E-state index contributed by atoms with van der Waals surface area (Å²) in [7, 11) is 0. The smallest absolute Gasteiger partial charge is 0.280 e. The number of allylic oxidation sites excluding steroid dienone is 1. The van der Waals surface area contributed by atoms with Crippen LogP contribution in [0.15, 0.2) is 80.1 Å². The molecule has 0 saturated heterocycles. The molecule has 11 heteroatoms. The maximum atomic E-state index is 13.9. The van der Waals surface area contributed by atoms with E-state index >= 15 is 0 Å². The Balaban J connectivity index is 1.64. The van der Waals surface area contributed by atoms with E-state index in [0.717, 1.165) is 11.1 Å². The van der Waals surface area contributed by atoms with E-state index < -0.39 is 11.0 Å². The van der Waals surface area contributed by atoms with Gasteiger partial charge in [-0.3, -0.25) is 24.3 Å². The number of hydrogen-bond acceptors (Lipinski definition) is 7. The third kappa shape index (κ3) is 5.28. The average Bonchev–Trinajstić information content (AvgIpc) is 3.53. The highest BCUT2D eigenvalue weighted by Gasteiger charge is 2.34. The summed E-state index contributed by atoms with van der Waals surface area (Å²) in [6, 6.07) is 14.6. The van der Waals surface area contributed by atoms with Crippen molar-refractivity contribution in [2.24, 2.45) is 4.99 Å². The Hall–Kier alpha value is -4.28. The van der Waals surface area contributed by atoms with Crippen LogP contribution in [0.3, 0.4) is 0 Å². The topological polar surface area (TPSA) is 111 Å². The SMILES string of the molecule is CCN(CC)C(=O)C1=C(C)N=c2s/c(=C/c3ccc(-c4ccc(C)cc4[N+](=O)[O-])o3)c(=O)n2[C@H]1c1ccc(Cl)cc1. The van der Waals surface area contributed by atoms with E-state index in [2.05, 4.69) is 4.99 Å². The van der Waals surface area contributed by atoms with Crippen LogP contribution >= 0.6 is 22.9 Å². The second-order valence-electron chi connectivity index (χ2n) is 9.59. The zero-order valence-corrected chi connectivity index (χ0v) is 24.5. The molecule has 0 spiro atoms. The highest BCUT2D eigenvalue weighted by atomic mass is 35.5. The third-order valence-corrected chi connectivity index (χ3v) is 8.24. The molecule has 2 aromatic carbocycles. The molecular formula is C30H27ClN4O5S. The highest BCUT2D eigenvalue weighted by molar-refractivity contribution is 7.07. The fourth-order valence-electron chi connectivity index (χ4n) is 4.94. The summed E-state index contributed by atoms with van der Waals surface area (Å²) in [6.45, 7) is 8.42. The molecule has 0 radical (unpaired) electrons. The standard InChI is InChI=1S/C30H27ClN4O5S/c1-5-33(6-2)29(37)26-18(4)32-30-34(27(26)19-8-10-20(31)11-9-19)28(36)25(41-30)16-21-12-14-24(40-21)22-13-7-17(3)15-23(22)35(38)39/h7-16,27H,5-6H2,1-4H3/b25-16+/t27-/m0/s1. The average molecular weight is 591 g/mol. The zero-order chi connectivity index (χ0) is 29.4. The number of nitro benzene ring substituents is 1. The van der Waals surface area contributed by atoms with E-state index in [1.54, 1.807) is 61.2 Å². The number of halogens is 1. The van der Waals surface area contributed by atoms with Crippen LogP contribution in [0.1, 0.15) is 43.7 Å². The molecule has 0 fully saturated rings. The maximum Gasteiger partial charge on any atom is 0.280 e. The van der Waals surface area contributed by atoms with Gasteiger partial charge < -0.3 is 9.32 Å². The molecule has 1 aliphatic rings. The maximum absolute atomic E-state index is 13.9. The van der Waals surface area contributed by atoms with Crippen molar-refractivity contribution < 1.29 is 14.1 Å². The summed E-state index contributed by atoms with van der Waals surface area (Å²) in [5, 5.41) is 12.2. The number of nitro groups is 1. The first kappa shape index (κ1) is 28.3. The number of amides is 1. The lowest BCUT2D eigenvalue weighted by molar-refractivity contribution is -0.384. The van der Waals surface area contributed by atoms with Gasteiger partial charge in [0.25, 0.3) is 17.2 Å². The summed E-state index contributed by atoms with van der Waals surface area (Å²) < 4.78 is 7.83. The zero-order valence-electron chi connectivity index (χ0n) is 22.9. The molecule has 0 unspecified atom stereocenters. The molecule has 1 atom stereocenters. The summed E-state index contributed by atoms with van der Waals surface area (Å²) in [4.78, 5) is 45.6. The van der Waals surface area contributed by atoms with Crippen LogP contribution in [0.5, 0.6) is 0 Å². The minimum absolute atomic E-state index is 0.0610. The van der Waals surface area contributed by atoms with Crippen LogP contribution in [0, 0.1) is 17.0 Å². The number of likely N-dealkylation sites (N-methyl/N-ethyl adjacent to an activating group) is 1. The molecule has 2 aromatic heterocycles. The van der Waals surface area contributed by atoms with Gasteiger partial charge in [0.2, 0.25) is 0 Å². The van der Waals surface area contributed by atoms with Gasteiger partial charge in [-0.1, -0.05) is 41.1 Å². The molecule has 5 rings (SSSR count). The van der Waals surface area contributed by atoms with E-state index in [4.69, 9.17) is 16.0 Å². The second kappa shape index (κ2) is 11.3. The molecule has 1 aliphatic heterocycles. The Bertz CT molecular complexity index is 1880. The number of fused-ring (bicyclic) bond motifs is 1. The molecule has 210 valence electrons. The lowest BCUT2D eigenvalue weighted by Crippen LogP contribution is -2.43. The van der Waals surface area contributed by atoms with Crippen molar-refractivity contribution in [3.05, 3.63) is 118 Å². The van der Waals surface area contributed by atoms with E-state index in [-0.39, 0.29) is 17.2 Å². The van der Waals surface area contributed by atoms with Gasteiger partial charge in [0.15, 0.2) is 4.80 Å². The predicted molar refractivity (Wildman–Crippen MR) is 159 cm³/mol. The Labute approximate surface area is 244 Å². The number of hydrogen-bond donors (Lipinski definition) is 0. The Kier molecular flexibility index (Phi) is 7.79. The molecule has 0 saturated carbocycles.